The molecule has 130 valence electrons. The van der Waals surface area contributed by atoms with Crippen molar-refractivity contribution in [3.63, 3.8) is 0 Å². The van der Waals surface area contributed by atoms with Crippen LogP contribution in [-0.4, -0.2) is 46.1 Å². The predicted octanol–water partition coefficient (Wildman–Crippen LogP) is 2.06. The lowest BCUT2D eigenvalue weighted by molar-refractivity contribution is 0.204. The van der Waals surface area contributed by atoms with E-state index in [1.807, 2.05) is 41.9 Å². The zero-order valence-corrected chi connectivity index (χ0v) is 14.1. The summed E-state index contributed by atoms with van der Waals surface area (Å²) in [4.78, 5) is 2.37. The van der Waals surface area contributed by atoms with Crippen LogP contribution in [0.1, 0.15) is 24.7 Å². The summed E-state index contributed by atoms with van der Waals surface area (Å²) in [6.07, 6.45) is 1.05. The van der Waals surface area contributed by atoms with Gasteiger partial charge >= 0.3 is 0 Å². The zero-order valence-electron chi connectivity index (χ0n) is 14.1. The summed E-state index contributed by atoms with van der Waals surface area (Å²) >= 11 is 0. The lowest BCUT2D eigenvalue weighted by Gasteiger charge is -2.19. The molecule has 1 aromatic carbocycles. The molecule has 1 aliphatic heterocycles. The first kappa shape index (κ1) is 16.8. The highest BCUT2D eigenvalue weighted by atomic mass is 16.5. The molecule has 0 amide bonds. The minimum Gasteiger partial charge on any atom is -0.494 e. The van der Waals surface area contributed by atoms with Crippen molar-refractivity contribution in [3.8, 4) is 11.5 Å². The van der Waals surface area contributed by atoms with Crippen LogP contribution in [0.2, 0.25) is 0 Å². The molecule has 0 saturated heterocycles. The van der Waals surface area contributed by atoms with Gasteiger partial charge in [-0.05, 0) is 31.5 Å². The molecule has 0 unspecified atom stereocenters. The molecule has 2 aromatic rings. The predicted molar refractivity (Wildman–Crippen MR) is 91.1 cm³/mol. The average molecular weight is 331 g/mol. The Morgan fingerprint density at radius 2 is 2.00 bits per heavy atom. The number of aliphatic hydroxyl groups excluding tert-OH is 1. The number of aliphatic hydroxyl groups is 1. The summed E-state index contributed by atoms with van der Waals surface area (Å²) in [5.41, 5.74) is 1.91. The van der Waals surface area contributed by atoms with Crippen molar-refractivity contribution in [1.82, 2.24) is 14.7 Å². The van der Waals surface area contributed by atoms with E-state index in [-0.39, 0.29) is 6.61 Å². The van der Waals surface area contributed by atoms with Gasteiger partial charge in [0, 0.05) is 32.2 Å². The molecule has 24 heavy (non-hydrogen) atoms. The van der Waals surface area contributed by atoms with Crippen molar-refractivity contribution >= 4 is 0 Å². The Morgan fingerprint density at radius 3 is 2.79 bits per heavy atom. The van der Waals surface area contributed by atoms with Crippen LogP contribution in [0.3, 0.4) is 0 Å². The van der Waals surface area contributed by atoms with Gasteiger partial charge in [-0.1, -0.05) is 6.07 Å². The molecule has 1 N–H and O–H groups in total. The van der Waals surface area contributed by atoms with Crippen LogP contribution < -0.4 is 9.47 Å². The summed E-state index contributed by atoms with van der Waals surface area (Å²) in [5.74, 6) is 1.67. The molecule has 0 spiro atoms. The maximum Gasteiger partial charge on any atom is 0.123 e. The van der Waals surface area contributed by atoms with Gasteiger partial charge in [0.25, 0.3) is 0 Å². The standard InChI is InChI=1S/C18H25N3O3/c1-2-23-17-5-3-6-18(12-17)24-10-9-20-7-4-8-21-16(13-20)11-15(14-22)19-21/h3,5-6,11-12,22H,2,4,7-10,13-14H2,1H3. The SMILES string of the molecule is CCOc1cccc(OCCN2CCCn3nc(CO)cc3C2)c1. The summed E-state index contributed by atoms with van der Waals surface area (Å²) < 4.78 is 13.4. The van der Waals surface area contributed by atoms with E-state index >= 15 is 0 Å². The maximum atomic E-state index is 9.23. The third-order valence-corrected chi connectivity index (χ3v) is 4.10. The summed E-state index contributed by atoms with van der Waals surface area (Å²) in [6, 6.07) is 9.75. The van der Waals surface area contributed by atoms with Gasteiger partial charge < -0.3 is 14.6 Å². The van der Waals surface area contributed by atoms with Crippen LogP contribution in [0.4, 0.5) is 0 Å². The van der Waals surface area contributed by atoms with Gasteiger partial charge in [0.2, 0.25) is 0 Å². The number of ether oxygens (including phenoxy) is 2. The number of hydrogen-bond acceptors (Lipinski definition) is 5. The number of aryl methyl sites for hydroxylation is 1. The Labute approximate surface area is 142 Å². The Kier molecular flexibility index (Phi) is 5.72. The summed E-state index contributed by atoms with van der Waals surface area (Å²) in [6.45, 7) is 6.90. The molecule has 1 aromatic heterocycles. The highest BCUT2D eigenvalue weighted by Gasteiger charge is 2.16. The fraction of sp³-hybridized carbons (Fsp3) is 0.500. The molecule has 0 atom stereocenters. The fourth-order valence-corrected chi connectivity index (χ4v) is 2.97. The topological polar surface area (TPSA) is 59.8 Å². The molecular weight excluding hydrogens is 306 g/mol. The number of aromatic nitrogens is 2. The molecule has 0 fully saturated rings. The Bertz CT molecular complexity index is 657. The van der Waals surface area contributed by atoms with Crippen LogP contribution in [0.25, 0.3) is 0 Å². The normalized spacial score (nSPS) is 14.9. The van der Waals surface area contributed by atoms with E-state index in [2.05, 4.69) is 10.00 Å². The lowest BCUT2D eigenvalue weighted by atomic mass is 10.3. The van der Waals surface area contributed by atoms with Crippen molar-refractivity contribution in [2.45, 2.75) is 33.0 Å². The number of rotatable bonds is 7. The molecule has 2 heterocycles. The van der Waals surface area contributed by atoms with Crippen molar-refractivity contribution in [3.05, 3.63) is 41.7 Å². The van der Waals surface area contributed by atoms with E-state index in [4.69, 9.17) is 9.47 Å². The molecule has 0 aliphatic carbocycles. The number of hydrogen-bond donors (Lipinski definition) is 1. The largest absolute Gasteiger partial charge is 0.494 e. The van der Waals surface area contributed by atoms with Gasteiger partial charge in [-0.3, -0.25) is 9.58 Å². The van der Waals surface area contributed by atoms with E-state index in [1.54, 1.807) is 0 Å². The van der Waals surface area contributed by atoms with Crippen LogP contribution in [0.5, 0.6) is 11.5 Å². The maximum absolute atomic E-state index is 9.23. The second-order valence-electron chi connectivity index (χ2n) is 5.89. The van der Waals surface area contributed by atoms with Crippen LogP contribution in [0, 0.1) is 0 Å². The van der Waals surface area contributed by atoms with Gasteiger partial charge in [-0.2, -0.15) is 5.10 Å². The third kappa shape index (κ3) is 4.27. The minimum atomic E-state index is -0.000712. The highest BCUT2D eigenvalue weighted by Crippen LogP contribution is 2.19. The Hall–Kier alpha value is -2.05. The summed E-state index contributed by atoms with van der Waals surface area (Å²) in [7, 11) is 0. The van der Waals surface area contributed by atoms with Crippen molar-refractivity contribution in [1.29, 1.82) is 0 Å². The van der Waals surface area contributed by atoms with Crippen molar-refractivity contribution in [2.24, 2.45) is 0 Å². The second-order valence-corrected chi connectivity index (χ2v) is 5.89. The first-order chi connectivity index (χ1) is 11.8. The smallest absolute Gasteiger partial charge is 0.123 e. The minimum absolute atomic E-state index is 0.000712. The first-order valence-corrected chi connectivity index (χ1v) is 8.53. The molecule has 1 aliphatic rings. The van der Waals surface area contributed by atoms with Crippen LogP contribution >= 0.6 is 0 Å². The molecule has 6 heteroatoms. The second kappa shape index (κ2) is 8.17. The van der Waals surface area contributed by atoms with Crippen LogP contribution in [-0.2, 0) is 19.7 Å². The molecular formula is C18H25N3O3. The summed E-state index contributed by atoms with van der Waals surface area (Å²) in [5, 5.41) is 13.6. The molecule has 0 radical (unpaired) electrons. The average Bonchev–Trinajstić information content (AvgIpc) is 2.88. The van der Waals surface area contributed by atoms with E-state index in [1.165, 1.54) is 0 Å². The van der Waals surface area contributed by atoms with Gasteiger partial charge in [0.15, 0.2) is 0 Å². The monoisotopic (exact) mass is 331 g/mol. The number of fused-ring (bicyclic) bond motifs is 1. The van der Waals surface area contributed by atoms with Crippen molar-refractivity contribution in [2.75, 3.05) is 26.3 Å². The van der Waals surface area contributed by atoms with Gasteiger partial charge in [-0.25, -0.2) is 0 Å². The third-order valence-electron chi connectivity index (χ3n) is 4.10. The number of benzene rings is 1. The number of nitrogens with zero attached hydrogens (tertiary/aromatic N) is 3. The van der Waals surface area contributed by atoms with E-state index < -0.39 is 0 Å². The lowest BCUT2D eigenvalue weighted by Crippen LogP contribution is -2.28. The van der Waals surface area contributed by atoms with Crippen LogP contribution in [0.15, 0.2) is 30.3 Å². The molecule has 0 saturated carbocycles. The van der Waals surface area contributed by atoms with Gasteiger partial charge in [0.1, 0.15) is 18.1 Å². The quantitative estimate of drug-likeness (QED) is 0.841. The van der Waals surface area contributed by atoms with Gasteiger partial charge in [0.05, 0.1) is 24.6 Å². The van der Waals surface area contributed by atoms with E-state index in [0.717, 1.165) is 55.5 Å². The fourth-order valence-electron chi connectivity index (χ4n) is 2.97. The Morgan fingerprint density at radius 1 is 1.17 bits per heavy atom. The molecule has 0 bridgehead atoms. The molecule has 6 nitrogen and oxygen atoms in total. The van der Waals surface area contributed by atoms with Gasteiger partial charge in [-0.15, -0.1) is 0 Å². The first-order valence-electron chi connectivity index (χ1n) is 8.53. The highest BCUT2D eigenvalue weighted by molar-refractivity contribution is 5.32. The van der Waals surface area contributed by atoms with Crippen molar-refractivity contribution < 1.29 is 14.6 Å². The van der Waals surface area contributed by atoms with E-state index in [9.17, 15) is 5.11 Å². The molecule has 3 rings (SSSR count). The zero-order chi connectivity index (χ0) is 16.8. The van der Waals surface area contributed by atoms with E-state index in [0.29, 0.717) is 13.2 Å². The Balaban J connectivity index is 1.52.